The molecule has 0 spiro atoms. The highest BCUT2D eigenvalue weighted by atomic mass is 35.5. The first-order valence-corrected chi connectivity index (χ1v) is 7.68. The summed E-state index contributed by atoms with van der Waals surface area (Å²) >= 11 is 5.93. The van der Waals surface area contributed by atoms with Crippen LogP contribution in [0.4, 0.5) is 0 Å². The molecular formula is C18H20ClNO2. The maximum absolute atomic E-state index is 12.5. The summed E-state index contributed by atoms with van der Waals surface area (Å²) in [5, 5.41) is 12.6. The summed E-state index contributed by atoms with van der Waals surface area (Å²) in [6, 6.07) is 16.9. The molecule has 2 atom stereocenters. The third-order valence-corrected chi connectivity index (χ3v) is 3.79. The molecule has 0 bridgehead atoms. The Kier molecular flexibility index (Phi) is 5.99. The minimum Gasteiger partial charge on any atom is -0.394 e. The highest BCUT2D eigenvalue weighted by molar-refractivity contribution is 6.30. The summed E-state index contributed by atoms with van der Waals surface area (Å²) in [5.41, 5.74) is 2.00. The first-order valence-electron chi connectivity index (χ1n) is 7.30. The zero-order chi connectivity index (χ0) is 15.9. The summed E-state index contributed by atoms with van der Waals surface area (Å²) in [7, 11) is 0. The highest BCUT2D eigenvalue weighted by Crippen LogP contribution is 2.23. The van der Waals surface area contributed by atoms with E-state index < -0.39 is 0 Å². The van der Waals surface area contributed by atoms with Crippen LogP contribution in [0.3, 0.4) is 0 Å². The van der Waals surface area contributed by atoms with E-state index in [0.717, 1.165) is 11.1 Å². The van der Waals surface area contributed by atoms with E-state index in [2.05, 4.69) is 5.32 Å². The fourth-order valence-electron chi connectivity index (χ4n) is 2.30. The van der Waals surface area contributed by atoms with Gasteiger partial charge in [0.2, 0.25) is 5.91 Å². The lowest BCUT2D eigenvalue weighted by Gasteiger charge is -2.20. The Hall–Kier alpha value is -1.84. The van der Waals surface area contributed by atoms with Crippen LogP contribution in [0.15, 0.2) is 54.6 Å². The van der Waals surface area contributed by atoms with Crippen LogP contribution in [0.2, 0.25) is 5.02 Å². The fourth-order valence-corrected chi connectivity index (χ4v) is 2.42. The normalized spacial score (nSPS) is 13.4. The summed E-state index contributed by atoms with van der Waals surface area (Å²) in [5.74, 6) is -0.401. The molecule has 116 valence electrons. The van der Waals surface area contributed by atoms with Gasteiger partial charge in [0.15, 0.2) is 0 Å². The molecule has 2 aromatic carbocycles. The van der Waals surface area contributed by atoms with Crippen molar-refractivity contribution in [2.75, 3.05) is 6.61 Å². The lowest BCUT2D eigenvalue weighted by atomic mass is 9.91. The second-order valence-electron chi connectivity index (χ2n) is 5.39. The van der Waals surface area contributed by atoms with Crippen molar-refractivity contribution in [3.63, 3.8) is 0 Å². The molecule has 2 unspecified atom stereocenters. The van der Waals surface area contributed by atoms with Crippen molar-refractivity contribution in [2.24, 2.45) is 0 Å². The minimum absolute atomic E-state index is 0.0790. The molecule has 2 N–H and O–H groups in total. The number of aliphatic hydroxyl groups excluding tert-OH is 1. The van der Waals surface area contributed by atoms with Crippen molar-refractivity contribution >= 4 is 17.5 Å². The summed E-state index contributed by atoms with van der Waals surface area (Å²) in [6.07, 6.45) is 0.604. The molecule has 0 aliphatic rings. The van der Waals surface area contributed by atoms with Crippen LogP contribution < -0.4 is 5.32 Å². The zero-order valence-corrected chi connectivity index (χ0v) is 13.3. The zero-order valence-electron chi connectivity index (χ0n) is 12.5. The fraction of sp³-hybridized carbons (Fsp3) is 0.278. The van der Waals surface area contributed by atoms with Crippen molar-refractivity contribution in [1.82, 2.24) is 5.32 Å². The number of amides is 1. The van der Waals surface area contributed by atoms with Crippen molar-refractivity contribution in [1.29, 1.82) is 0 Å². The maximum Gasteiger partial charge on any atom is 0.228 e. The highest BCUT2D eigenvalue weighted by Gasteiger charge is 2.22. The third kappa shape index (κ3) is 4.58. The number of nitrogens with one attached hydrogen (secondary N) is 1. The van der Waals surface area contributed by atoms with Gasteiger partial charge in [0, 0.05) is 11.1 Å². The molecule has 0 saturated carbocycles. The van der Waals surface area contributed by atoms with Gasteiger partial charge in [-0.25, -0.2) is 0 Å². The Labute approximate surface area is 135 Å². The van der Waals surface area contributed by atoms with Crippen LogP contribution in [0.25, 0.3) is 0 Å². The smallest absolute Gasteiger partial charge is 0.228 e. The molecule has 0 aliphatic heterocycles. The van der Waals surface area contributed by atoms with Crippen molar-refractivity contribution in [2.45, 2.75) is 25.3 Å². The number of carbonyl (C=O) groups is 1. The third-order valence-electron chi connectivity index (χ3n) is 3.53. The largest absolute Gasteiger partial charge is 0.394 e. The first-order chi connectivity index (χ1) is 10.6. The number of halogens is 1. The predicted octanol–water partition coefficient (Wildman–Crippen LogP) is 3.16. The minimum atomic E-state index is -0.311. The Morgan fingerprint density at radius 2 is 1.77 bits per heavy atom. The van der Waals surface area contributed by atoms with Gasteiger partial charge in [-0.05, 0) is 36.6 Å². The van der Waals surface area contributed by atoms with Crippen LogP contribution in [0.5, 0.6) is 0 Å². The van der Waals surface area contributed by atoms with E-state index in [1.807, 2.05) is 42.5 Å². The quantitative estimate of drug-likeness (QED) is 0.860. The molecule has 0 fully saturated rings. The topological polar surface area (TPSA) is 49.3 Å². The van der Waals surface area contributed by atoms with Gasteiger partial charge in [0.1, 0.15) is 0 Å². The molecule has 1 amide bonds. The molecule has 4 heteroatoms. The first kappa shape index (κ1) is 16.5. The molecule has 0 heterocycles. The Balaban J connectivity index is 2.23. The molecule has 0 aliphatic carbocycles. The number of hydrogen-bond acceptors (Lipinski definition) is 2. The van der Waals surface area contributed by atoms with Crippen LogP contribution >= 0.6 is 11.6 Å². The number of carbonyl (C=O) groups excluding carboxylic acids is 1. The number of hydrogen-bond donors (Lipinski definition) is 2. The SMILES string of the molecule is CC(CO)NC(=O)C(Cc1ccccc1)c1ccc(Cl)cc1. The molecule has 2 aromatic rings. The van der Waals surface area contributed by atoms with E-state index in [1.165, 1.54) is 0 Å². The van der Waals surface area contributed by atoms with Gasteiger partial charge in [0.05, 0.1) is 12.5 Å². The lowest BCUT2D eigenvalue weighted by molar-refractivity contribution is -0.123. The van der Waals surface area contributed by atoms with E-state index in [1.54, 1.807) is 19.1 Å². The molecule has 0 radical (unpaired) electrons. The van der Waals surface area contributed by atoms with Crippen LogP contribution in [-0.4, -0.2) is 23.7 Å². The van der Waals surface area contributed by atoms with E-state index in [-0.39, 0.29) is 24.5 Å². The van der Waals surface area contributed by atoms with Gasteiger partial charge in [0.25, 0.3) is 0 Å². The van der Waals surface area contributed by atoms with Gasteiger partial charge in [-0.2, -0.15) is 0 Å². The number of benzene rings is 2. The van der Waals surface area contributed by atoms with Gasteiger partial charge in [-0.15, -0.1) is 0 Å². The second-order valence-corrected chi connectivity index (χ2v) is 5.82. The van der Waals surface area contributed by atoms with E-state index >= 15 is 0 Å². The molecule has 3 nitrogen and oxygen atoms in total. The van der Waals surface area contributed by atoms with Crippen molar-refractivity contribution < 1.29 is 9.90 Å². The lowest BCUT2D eigenvalue weighted by Crippen LogP contribution is -2.39. The standard InChI is InChI=1S/C18H20ClNO2/c1-13(12-21)20-18(22)17(11-14-5-3-2-4-6-14)15-7-9-16(19)10-8-15/h2-10,13,17,21H,11-12H2,1H3,(H,20,22). The number of aliphatic hydroxyl groups is 1. The van der Waals surface area contributed by atoms with Crippen LogP contribution in [0.1, 0.15) is 24.0 Å². The maximum atomic E-state index is 12.5. The Morgan fingerprint density at radius 3 is 2.36 bits per heavy atom. The number of rotatable bonds is 6. The van der Waals surface area contributed by atoms with Gasteiger partial charge in [-0.1, -0.05) is 54.1 Å². The van der Waals surface area contributed by atoms with E-state index in [0.29, 0.717) is 11.4 Å². The summed E-state index contributed by atoms with van der Waals surface area (Å²) in [6.45, 7) is 1.70. The predicted molar refractivity (Wildman–Crippen MR) is 89.0 cm³/mol. The van der Waals surface area contributed by atoms with Crippen molar-refractivity contribution in [3.8, 4) is 0 Å². The second kappa shape index (κ2) is 7.97. The molecular weight excluding hydrogens is 298 g/mol. The Bertz CT molecular complexity index is 598. The van der Waals surface area contributed by atoms with Gasteiger partial charge in [-0.3, -0.25) is 4.79 Å². The van der Waals surface area contributed by atoms with Gasteiger partial charge >= 0.3 is 0 Å². The average molecular weight is 318 g/mol. The molecule has 0 saturated heterocycles. The van der Waals surface area contributed by atoms with Crippen LogP contribution in [-0.2, 0) is 11.2 Å². The van der Waals surface area contributed by atoms with Crippen LogP contribution in [0, 0.1) is 0 Å². The molecule has 22 heavy (non-hydrogen) atoms. The summed E-state index contributed by atoms with van der Waals surface area (Å²) in [4.78, 5) is 12.5. The Morgan fingerprint density at radius 1 is 1.14 bits per heavy atom. The van der Waals surface area contributed by atoms with E-state index in [4.69, 9.17) is 16.7 Å². The molecule has 2 rings (SSSR count). The van der Waals surface area contributed by atoms with Crippen molar-refractivity contribution in [3.05, 3.63) is 70.7 Å². The molecule has 0 aromatic heterocycles. The monoisotopic (exact) mass is 317 g/mol. The van der Waals surface area contributed by atoms with Gasteiger partial charge < -0.3 is 10.4 Å². The van der Waals surface area contributed by atoms with E-state index in [9.17, 15) is 4.79 Å². The summed E-state index contributed by atoms with van der Waals surface area (Å²) < 4.78 is 0. The average Bonchev–Trinajstić information content (AvgIpc) is 2.54.